The SMILES string of the molecule is CO[C@H]1C[C@@H]2CC[C@@H](C)[C@@](O)(O2)C(=O)C(=O)N2CCCC[C@H]2C(=O)O[C@H]([C@H](C)C[C@@H]2CC[C@H](C)[C@H](OC)C2)CC(=O)C(C)=CC(C)[C@@H](O)[C@@H](OC)C(=O)[C@H](C)CC[C@H](C)C=CC=CC=C1C. The second-order valence-electron chi connectivity index (χ2n) is 20.4. The van der Waals surface area contributed by atoms with Gasteiger partial charge in [0.05, 0.1) is 24.4 Å². The van der Waals surface area contributed by atoms with E-state index in [-0.39, 0.29) is 60.7 Å². The fourth-order valence-electron chi connectivity index (χ4n) is 10.4. The van der Waals surface area contributed by atoms with Gasteiger partial charge in [0.25, 0.3) is 11.7 Å². The Balaban J connectivity index is 1.69. The fourth-order valence-corrected chi connectivity index (χ4v) is 10.4. The van der Waals surface area contributed by atoms with E-state index in [1.807, 2.05) is 45.1 Å². The van der Waals surface area contributed by atoms with Crippen molar-refractivity contribution in [3.8, 4) is 0 Å². The highest BCUT2D eigenvalue weighted by atomic mass is 16.6. The number of allylic oxidation sites excluding steroid dienone is 6. The molecule has 4 aliphatic rings. The summed E-state index contributed by atoms with van der Waals surface area (Å²) in [5, 5.41) is 23.4. The van der Waals surface area contributed by atoms with Gasteiger partial charge < -0.3 is 38.8 Å². The van der Waals surface area contributed by atoms with Crippen molar-refractivity contribution in [1.29, 1.82) is 0 Å². The summed E-state index contributed by atoms with van der Waals surface area (Å²) in [5.74, 6) is -6.84. The number of carbonyl (C=O) groups is 5. The molecular weight excluding hydrogens is 843 g/mol. The zero-order valence-corrected chi connectivity index (χ0v) is 41.9. The minimum atomic E-state index is -2.41. The summed E-state index contributed by atoms with van der Waals surface area (Å²) in [6.07, 6.45) is 14.7. The van der Waals surface area contributed by atoms with Crippen LogP contribution in [0.4, 0.5) is 0 Å². The first kappa shape index (κ1) is 55.3. The molecule has 2 saturated heterocycles. The number of esters is 1. The molecule has 66 heavy (non-hydrogen) atoms. The molecule has 13 heteroatoms. The van der Waals surface area contributed by atoms with Crippen LogP contribution in [-0.4, -0.2) is 121 Å². The van der Waals surface area contributed by atoms with Crippen LogP contribution in [0.25, 0.3) is 0 Å². The smallest absolute Gasteiger partial charge is 0.329 e. The Labute approximate surface area is 395 Å². The van der Waals surface area contributed by atoms with Gasteiger partial charge in [0.1, 0.15) is 18.2 Å². The zero-order chi connectivity index (χ0) is 48.9. The monoisotopic (exact) mass is 926 g/mol. The second-order valence-corrected chi connectivity index (χ2v) is 20.4. The average molecular weight is 926 g/mol. The van der Waals surface area contributed by atoms with Crippen LogP contribution < -0.4 is 0 Å². The largest absolute Gasteiger partial charge is 0.460 e. The molecule has 0 aromatic carbocycles. The Morgan fingerprint density at radius 2 is 1.58 bits per heavy atom. The van der Waals surface area contributed by atoms with E-state index in [4.69, 9.17) is 23.7 Å². The Bertz CT molecular complexity index is 1770. The summed E-state index contributed by atoms with van der Waals surface area (Å²) in [6, 6.07) is -1.11. The first-order chi connectivity index (χ1) is 31.2. The van der Waals surface area contributed by atoms with Crippen LogP contribution in [0.5, 0.6) is 0 Å². The lowest BCUT2D eigenvalue weighted by molar-refractivity contribution is -0.265. The number of hydrogen-bond donors (Lipinski definition) is 2. The third-order valence-electron chi connectivity index (χ3n) is 15.2. The van der Waals surface area contributed by atoms with E-state index in [1.165, 1.54) is 12.0 Å². The Hall–Kier alpha value is -3.33. The minimum Gasteiger partial charge on any atom is -0.460 e. The minimum absolute atomic E-state index is 0.100. The van der Waals surface area contributed by atoms with Gasteiger partial charge in [0.2, 0.25) is 5.79 Å². The highest BCUT2D eigenvalue weighted by molar-refractivity contribution is 6.39. The van der Waals surface area contributed by atoms with Crippen LogP contribution in [0, 0.1) is 41.4 Å². The van der Waals surface area contributed by atoms with E-state index < -0.39 is 71.8 Å². The molecule has 372 valence electrons. The summed E-state index contributed by atoms with van der Waals surface area (Å²) >= 11 is 0. The molecule has 4 rings (SSSR count). The molecule has 0 radical (unpaired) electrons. The molecule has 1 unspecified atom stereocenters. The maximum absolute atomic E-state index is 14.4. The van der Waals surface area contributed by atoms with Crippen LogP contribution in [0.2, 0.25) is 0 Å². The van der Waals surface area contributed by atoms with E-state index in [1.54, 1.807) is 41.1 Å². The van der Waals surface area contributed by atoms with Gasteiger partial charge in [-0.15, -0.1) is 0 Å². The molecule has 13 nitrogen and oxygen atoms in total. The molecule has 0 aromatic heterocycles. The highest BCUT2D eigenvalue weighted by Crippen LogP contribution is 2.38. The second kappa shape index (κ2) is 25.9. The highest BCUT2D eigenvalue weighted by Gasteiger charge is 2.53. The number of ether oxygens (including phenoxy) is 5. The van der Waals surface area contributed by atoms with E-state index in [0.717, 1.165) is 31.3 Å². The standard InChI is InChI=1S/C53H83NO12/c1-32-17-13-12-14-18-33(2)45(63-10)30-41-25-23-39(8)53(61,66-41)50(58)51(59)54-26-16-15-19-42(54)52(60)65-46(37(6)28-40-24-22-34(3)44(29-40)62-9)31-43(55)36(5)27-38(7)48(57)49(64-11)47(56)35(4)21-20-32/h12-14,17-18,27,32,34-35,37-42,44-46,48-49,57,61H,15-16,19-26,28-31H2,1-11H3/t32-,34+,35-,37-,38?,39-,40+,41+,42+,44-,45+,46+,48-,49+,53-/m1/s1. The predicted molar refractivity (Wildman–Crippen MR) is 253 cm³/mol. The molecule has 1 amide bonds. The third kappa shape index (κ3) is 14.6. The molecule has 2 bridgehead atoms. The topological polar surface area (TPSA) is 175 Å². The molecule has 0 aromatic rings. The average Bonchev–Trinajstić information content (AvgIpc) is 3.30. The van der Waals surface area contributed by atoms with Gasteiger partial charge in [-0.05, 0) is 119 Å². The van der Waals surface area contributed by atoms with Crippen molar-refractivity contribution in [2.24, 2.45) is 41.4 Å². The number of fused-ring (bicyclic) bond motifs is 3. The van der Waals surface area contributed by atoms with E-state index >= 15 is 0 Å². The van der Waals surface area contributed by atoms with Gasteiger partial charge >= 0.3 is 5.97 Å². The molecule has 3 fully saturated rings. The van der Waals surface area contributed by atoms with Gasteiger partial charge in [-0.3, -0.25) is 19.2 Å². The molecule has 3 heterocycles. The summed E-state index contributed by atoms with van der Waals surface area (Å²) in [6.45, 7) is 15.2. The summed E-state index contributed by atoms with van der Waals surface area (Å²) in [7, 11) is 4.72. The van der Waals surface area contributed by atoms with Crippen molar-refractivity contribution in [2.45, 2.75) is 187 Å². The van der Waals surface area contributed by atoms with Crippen molar-refractivity contribution in [2.75, 3.05) is 27.9 Å². The molecule has 15 atom stereocenters. The van der Waals surface area contributed by atoms with Gasteiger partial charge in [-0.1, -0.05) is 78.0 Å². The predicted octanol–water partition coefficient (Wildman–Crippen LogP) is 7.85. The maximum atomic E-state index is 14.4. The first-order valence-corrected chi connectivity index (χ1v) is 24.7. The molecule has 1 saturated carbocycles. The fraction of sp³-hybridized carbons (Fsp3) is 0.755. The summed E-state index contributed by atoms with van der Waals surface area (Å²) in [4.78, 5) is 71.9. The quantitative estimate of drug-likeness (QED) is 0.195. The number of methoxy groups -OCH3 is 3. The molecule has 2 N–H and O–H groups in total. The number of aliphatic hydroxyl groups excluding tert-OH is 1. The number of amides is 1. The molecule has 0 spiro atoms. The first-order valence-electron chi connectivity index (χ1n) is 24.7. The van der Waals surface area contributed by atoms with Crippen LogP contribution in [-0.2, 0) is 47.7 Å². The van der Waals surface area contributed by atoms with Crippen LogP contribution in [0.1, 0.15) is 139 Å². The van der Waals surface area contributed by atoms with Crippen molar-refractivity contribution < 1.29 is 57.9 Å². The van der Waals surface area contributed by atoms with E-state index in [0.29, 0.717) is 56.4 Å². The lowest BCUT2D eigenvalue weighted by atomic mass is 9.76. The van der Waals surface area contributed by atoms with Crippen LogP contribution in [0.15, 0.2) is 47.6 Å². The normalized spacial score (nSPS) is 37.6. The van der Waals surface area contributed by atoms with Gasteiger partial charge in [0, 0.05) is 58.5 Å². The lowest BCUT2D eigenvalue weighted by Crippen LogP contribution is -2.61. The molecular formula is C53H83NO12. The van der Waals surface area contributed by atoms with Gasteiger partial charge in [0.15, 0.2) is 11.6 Å². The number of Topliss-reactive ketones (excluding diaryl/α,β-unsaturated/α-hetero) is 3. The Morgan fingerprint density at radius 3 is 2.26 bits per heavy atom. The van der Waals surface area contributed by atoms with Crippen molar-refractivity contribution in [1.82, 2.24) is 4.90 Å². The number of ketones is 3. The van der Waals surface area contributed by atoms with Crippen LogP contribution >= 0.6 is 0 Å². The number of rotatable bonds is 6. The van der Waals surface area contributed by atoms with Crippen molar-refractivity contribution in [3.05, 3.63) is 47.6 Å². The summed E-state index contributed by atoms with van der Waals surface area (Å²) in [5.41, 5.74) is 1.25. The van der Waals surface area contributed by atoms with Crippen molar-refractivity contribution >= 4 is 29.2 Å². The van der Waals surface area contributed by atoms with E-state index in [2.05, 4.69) is 19.9 Å². The number of hydrogen-bond acceptors (Lipinski definition) is 12. The number of nitrogens with zero attached hydrogens (tertiary/aromatic N) is 1. The maximum Gasteiger partial charge on any atom is 0.329 e. The third-order valence-corrected chi connectivity index (χ3v) is 15.2. The number of aliphatic hydroxyl groups is 2. The van der Waals surface area contributed by atoms with Crippen molar-refractivity contribution in [3.63, 3.8) is 0 Å². The van der Waals surface area contributed by atoms with Crippen LogP contribution in [0.3, 0.4) is 0 Å². The lowest BCUT2D eigenvalue weighted by Gasteiger charge is -2.42. The number of cyclic esters (lactones) is 1. The summed E-state index contributed by atoms with van der Waals surface area (Å²) < 4.78 is 29.7. The number of carbonyl (C=O) groups excluding carboxylic acids is 5. The van der Waals surface area contributed by atoms with Gasteiger partial charge in [-0.2, -0.15) is 0 Å². The number of piperidine rings is 1. The molecule has 1 aliphatic carbocycles. The zero-order valence-electron chi connectivity index (χ0n) is 41.9. The van der Waals surface area contributed by atoms with E-state index in [9.17, 15) is 34.2 Å². The van der Waals surface area contributed by atoms with Gasteiger partial charge in [-0.25, -0.2) is 4.79 Å². The Kier molecular flexibility index (Phi) is 21.7. The Morgan fingerprint density at radius 1 is 0.848 bits per heavy atom. The molecule has 3 aliphatic heterocycles.